The molecule has 0 fully saturated rings. The summed E-state index contributed by atoms with van der Waals surface area (Å²) in [7, 11) is 1.74. The van der Waals surface area contributed by atoms with Crippen molar-refractivity contribution in [3.63, 3.8) is 0 Å². The van der Waals surface area contributed by atoms with Gasteiger partial charge in [-0.25, -0.2) is 4.98 Å². The van der Waals surface area contributed by atoms with Crippen molar-refractivity contribution < 1.29 is 18.0 Å². The molecule has 8 heteroatoms. The van der Waals surface area contributed by atoms with Gasteiger partial charge in [0.1, 0.15) is 9.88 Å². The summed E-state index contributed by atoms with van der Waals surface area (Å²) in [5.41, 5.74) is 0.426. The number of hydrogen-bond acceptors (Lipinski definition) is 4. The fourth-order valence-corrected chi connectivity index (χ4v) is 4.46. The lowest BCUT2D eigenvalue weighted by molar-refractivity contribution is -0.137. The highest BCUT2D eigenvalue weighted by Crippen LogP contribution is 2.34. The first-order valence-corrected chi connectivity index (χ1v) is 9.83. The number of thiazole rings is 1. The van der Waals surface area contributed by atoms with E-state index in [1.165, 1.54) is 23.5 Å². The molecule has 0 saturated carbocycles. The zero-order valence-electron chi connectivity index (χ0n) is 14.9. The Morgan fingerprint density at radius 3 is 2.41 bits per heavy atom. The third-order valence-corrected chi connectivity index (χ3v) is 6.54. The lowest BCUT2D eigenvalue weighted by Crippen LogP contribution is -2.29. The molecule has 2 heterocycles. The van der Waals surface area contributed by atoms with E-state index in [2.05, 4.69) is 4.98 Å². The first-order valence-electron chi connectivity index (χ1n) is 8.14. The van der Waals surface area contributed by atoms with Gasteiger partial charge in [0.15, 0.2) is 0 Å². The standard InChI is InChI=1S/C19H17F3N2OS2/c1-11-16(18(25)24(3)12(2)15-5-4-10-26-15)27-17(23-11)13-6-8-14(9-7-13)19(20,21)22/h4-10,12H,1-3H3. The van der Waals surface area contributed by atoms with Gasteiger partial charge in [-0.2, -0.15) is 13.2 Å². The Morgan fingerprint density at radius 2 is 1.85 bits per heavy atom. The monoisotopic (exact) mass is 410 g/mol. The van der Waals surface area contributed by atoms with Crippen molar-refractivity contribution in [2.75, 3.05) is 7.05 Å². The van der Waals surface area contributed by atoms with Gasteiger partial charge < -0.3 is 4.90 Å². The van der Waals surface area contributed by atoms with E-state index >= 15 is 0 Å². The van der Waals surface area contributed by atoms with Crippen LogP contribution in [-0.4, -0.2) is 22.8 Å². The molecule has 2 aromatic heterocycles. The summed E-state index contributed by atoms with van der Waals surface area (Å²) in [5, 5.41) is 2.49. The van der Waals surface area contributed by atoms with Crippen LogP contribution in [0.25, 0.3) is 10.6 Å². The Hall–Kier alpha value is -2.19. The minimum atomic E-state index is -4.38. The first kappa shape index (κ1) is 19.6. The van der Waals surface area contributed by atoms with Crippen molar-refractivity contribution in [2.24, 2.45) is 0 Å². The molecule has 0 saturated heterocycles. The number of carbonyl (C=O) groups excluding carboxylic acids is 1. The minimum Gasteiger partial charge on any atom is -0.333 e. The second-order valence-electron chi connectivity index (χ2n) is 6.12. The van der Waals surface area contributed by atoms with Gasteiger partial charge in [0.25, 0.3) is 5.91 Å². The van der Waals surface area contributed by atoms with E-state index in [9.17, 15) is 18.0 Å². The smallest absolute Gasteiger partial charge is 0.333 e. The molecule has 0 N–H and O–H groups in total. The molecule has 0 bridgehead atoms. The Labute approximate surface area is 163 Å². The van der Waals surface area contributed by atoms with Crippen molar-refractivity contribution >= 4 is 28.6 Å². The topological polar surface area (TPSA) is 33.2 Å². The summed E-state index contributed by atoms with van der Waals surface area (Å²) in [5.74, 6) is -0.149. The van der Waals surface area contributed by atoms with Gasteiger partial charge in [-0.1, -0.05) is 18.2 Å². The highest BCUT2D eigenvalue weighted by atomic mass is 32.1. The van der Waals surface area contributed by atoms with E-state index in [0.29, 0.717) is 21.1 Å². The van der Waals surface area contributed by atoms with Gasteiger partial charge in [0, 0.05) is 17.5 Å². The molecule has 1 amide bonds. The molecule has 0 spiro atoms. The highest BCUT2D eigenvalue weighted by Gasteiger charge is 2.30. The molecule has 1 unspecified atom stereocenters. The normalized spacial score (nSPS) is 12.8. The van der Waals surface area contributed by atoms with E-state index in [4.69, 9.17) is 0 Å². The lowest BCUT2D eigenvalue weighted by atomic mass is 10.1. The Balaban J connectivity index is 1.84. The van der Waals surface area contributed by atoms with Crippen molar-refractivity contribution in [3.05, 3.63) is 62.8 Å². The van der Waals surface area contributed by atoms with Gasteiger partial charge in [0.2, 0.25) is 0 Å². The van der Waals surface area contributed by atoms with Crippen LogP contribution in [0.1, 0.15) is 38.8 Å². The number of alkyl halides is 3. The van der Waals surface area contributed by atoms with Gasteiger partial charge in [-0.15, -0.1) is 22.7 Å². The molecule has 1 aromatic carbocycles. The average molecular weight is 410 g/mol. The van der Waals surface area contributed by atoms with Crippen LogP contribution in [0, 0.1) is 6.92 Å². The van der Waals surface area contributed by atoms with Crippen LogP contribution in [0.15, 0.2) is 41.8 Å². The number of aromatic nitrogens is 1. The fourth-order valence-electron chi connectivity index (χ4n) is 2.58. The Bertz CT molecular complexity index is 931. The summed E-state index contributed by atoms with van der Waals surface area (Å²) in [6.07, 6.45) is -4.38. The molecular weight excluding hydrogens is 393 g/mol. The van der Waals surface area contributed by atoms with Crippen molar-refractivity contribution in [2.45, 2.75) is 26.1 Å². The molecule has 0 aliphatic carbocycles. The van der Waals surface area contributed by atoms with Crippen LogP contribution in [0.4, 0.5) is 13.2 Å². The van der Waals surface area contributed by atoms with Gasteiger partial charge >= 0.3 is 6.18 Å². The highest BCUT2D eigenvalue weighted by molar-refractivity contribution is 7.17. The molecule has 27 heavy (non-hydrogen) atoms. The van der Waals surface area contributed by atoms with Crippen molar-refractivity contribution in [3.8, 4) is 10.6 Å². The van der Waals surface area contributed by atoms with E-state index in [1.54, 1.807) is 30.2 Å². The number of rotatable bonds is 4. The molecule has 3 rings (SSSR count). The Morgan fingerprint density at radius 1 is 1.19 bits per heavy atom. The number of thiophene rings is 1. The minimum absolute atomic E-state index is 0.0754. The number of halogens is 3. The molecule has 0 aliphatic rings. The fraction of sp³-hybridized carbons (Fsp3) is 0.263. The average Bonchev–Trinajstić information content (AvgIpc) is 3.29. The Kier molecular flexibility index (Phi) is 5.39. The molecular formula is C19H17F3N2OS2. The summed E-state index contributed by atoms with van der Waals surface area (Å²) in [6.45, 7) is 3.69. The van der Waals surface area contributed by atoms with E-state index in [1.807, 2.05) is 24.4 Å². The van der Waals surface area contributed by atoms with Gasteiger partial charge in [-0.3, -0.25) is 4.79 Å². The summed E-state index contributed by atoms with van der Waals surface area (Å²) >= 11 is 2.78. The zero-order chi connectivity index (χ0) is 19.8. The number of hydrogen-bond donors (Lipinski definition) is 0. The molecule has 0 radical (unpaired) electrons. The number of nitrogens with zero attached hydrogens (tertiary/aromatic N) is 2. The van der Waals surface area contributed by atoms with Gasteiger partial charge in [-0.05, 0) is 37.4 Å². The molecule has 0 aliphatic heterocycles. The van der Waals surface area contributed by atoms with Crippen LogP contribution in [-0.2, 0) is 6.18 Å². The van der Waals surface area contributed by atoms with Crippen LogP contribution < -0.4 is 0 Å². The predicted molar refractivity (Wildman–Crippen MR) is 102 cm³/mol. The molecule has 3 aromatic rings. The molecule has 142 valence electrons. The molecule has 3 nitrogen and oxygen atoms in total. The zero-order valence-corrected chi connectivity index (χ0v) is 16.5. The number of carbonyl (C=O) groups is 1. The number of benzene rings is 1. The van der Waals surface area contributed by atoms with E-state index in [0.717, 1.165) is 17.0 Å². The summed E-state index contributed by atoms with van der Waals surface area (Å²) in [6, 6.07) is 8.66. The SMILES string of the molecule is Cc1nc(-c2ccc(C(F)(F)F)cc2)sc1C(=O)N(C)C(C)c1cccs1. The van der Waals surface area contributed by atoms with Crippen molar-refractivity contribution in [1.29, 1.82) is 0 Å². The second kappa shape index (κ2) is 7.44. The maximum absolute atomic E-state index is 12.9. The molecule has 1 atom stereocenters. The maximum Gasteiger partial charge on any atom is 0.416 e. The van der Waals surface area contributed by atoms with Crippen LogP contribution in [0.2, 0.25) is 0 Å². The van der Waals surface area contributed by atoms with Crippen LogP contribution in [0.5, 0.6) is 0 Å². The number of amides is 1. The lowest BCUT2D eigenvalue weighted by Gasteiger charge is -2.23. The van der Waals surface area contributed by atoms with E-state index in [-0.39, 0.29) is 11.9 Å². The first-order chi connectivity index (χ1) is 12.7. The van der Waals surface area contributed by atoms with Crippen LogP contribution in [0.3, 0.4) is 0 Å². The van der Waals surface area contributed by atoms with E-state index < -0.39 is 11.7 Å². The van der Waals surface area contributed by atoms with Gasteiger partial charge in [0.05, 0.1) is 17.3 Å². The predicted octanol–water partition coefficient (Wildman–Crippen LogP) is 6.03. The third kappa shape index (κ3) is 4.06. The largest absolute Gasteiger partial charge is 0.416 e. The summed E-state index contributed by atoms with van der Waals surface area (Å²) < 4.78 is 38.1. The second-order valence-corrected chi connectivity index (χ2v) is 8.09. The van der Waals surface area contributed by atoms with Crippen molar-refractivity contribution in [1.82, 2.24) is 9.88 Å². The quantitative estimate of drug-likeness (QED) is 0.526. The maximum atomic E-state index is 12.9. The summed E-state index contributed by atoms with van der Waals surface area (Å²) in [4.78, 5) is 20.5. The number of aryl methyl sites for hydroxylation is 1. The van der Waals surface area contributed by atoms with Crippen LogP contribution >= 0.6 is 22.7 Å². The third-order valence-electron chi connectivity index (χ3n) is 4.31.